The van der Waals surface area contributed by atoms with Gasteiger partial charge in [0.25, 0.3) is 5.91 Å². The molecule has 1 aromatic heterocycles. The molecule has 3 N–H and O–H groups in total. The minimum Gasteiger partial charge on any atom is -0.459 e. The van der Waals surface area contributed by atoms with Crippen molar-refractivity contribution in [2.45, 2.75) is 19.3 Å². The van der Waals surface area contributed by atoms with Crippen LogP contribution in [0.2, 0.25) is 0 Å². The predicted octanol–water partition coefficient (Wildman–Crippen LogP) is 4.85. The third kappa shape index (κ3) is 5.23. The van der Waals surface area contributed by atoms with Crippen molar-refractivity contribution in [1.82, 2.24) is 5.32 Å². The fourth-order valence-electron chi connectivity index (χ4n) is 2.85. The molecule has 0 aliphatic carbocycles. The molecule has 6 heteroatoms. The standard InChI is InChI=1S/C22H23N3O3/c1-2-16(17-7-4-3-5-8-17)15-23-22(27)25-19-12-10-18(11-13-19)24-21(26)20-9-6-14-28-20/h3-14,16H,2,15H2,1H3,(H,24,26)(H2,23,25,27). The lowest BCUT2D eigenvalue weighted by molar-refractivity contribution is 0.0996. The highest BCUT2D eigenvalue weighted by molar-refractivity contribution is 6.02. The van der Waals surface area contributed by atoms with Crippen LogP contribution in [-0.2, 0) is 0 Å². The van der Waals surface area contributed by atoms with Gasteiger partial charge in [0.2, 0.25) is 0 Å². The summed E-state index contributed by atoms with van der Waals surface area (Å²) in [6.07, 6.45) is 2.38. The Morgan fingerprint density at radius 3 is 2.18 bits per heavy atom. The normalized spacial score (nSPS) is 11.5. The van der Waals surface area contributed by atoms with E-state index >= 15 is 0 Å². The number of benzene rings is 2. The van der Waals surface area contributed by atoms with Crippen LogP contribution in [0.4, 0.5) is 16.2 Å². The van der Waals surface area contributed by atoms with Crippen LogP contribution < -0.4 is 16.0 Å². The first-order valence-corrected chi connectivity index (χ1v) is 9.20. The minimum absolute atomic E-state index is 0.241. The third-order valence-electron chi connectivity index (χ3n) is 4.42. The monoisotopic (exact) mass is 377 g/mol. The molecule has 28 heavy (non-hydrogen) atoms. The summed E-state index contributed by atoms with van der Waals surface area (Å²) in [5.74, 6) is 0.187. The van der Waals surface area contributed by atoms with Crippen LogP contribution in [0.1, 0.15) is 35.4 Å². The summed E-state index contributed by atoms with van der Waals surface area (Å²) in [7, 11) is 0. The van der Waals surface area contributed by atoms with E-state index in [1.54, 1.807) is 36.4 Å². The molecule has 2 aromatic carbocycles. The van der Waals surface area contributed by atoms with Crippen molar-refractivity contribution in [2.75, 3.05) is 17.2 Å². The van der Waals surface area contributed by atoms with Gasteiger partial charge in [-0.05, 0) is 48.4 Å². The molecule has 0 bridgehead atoms. The second-order valence-corrected chi connectivity index (χ2v) is 6.36. The van der Waals surface area contributed by atoms with Gasteiger partial charge < -0.3 is 20.4 Å². The van der Waals surface area contributed by atoms with E-state index in [0.29, 0.717) is 17.9 Å². The summed E-state index contributed by atoms with van der Waals surface area (Å²) in [6.45, 7) is 2.66. The number of nitrogens with one attached hydrogen (secondary N) is 3. The van der Waals surface area contributed by atoms with Gasteiger partial charge in [-0.1, -0.05) is 37.3 Å². The Kier molecular flexibility index (Phi) is 6.46. The van der Waals surface area contributed by atoms with Crippen molar-refractivity contribution in [3.63, 3.8) is 0 Å². The van der Waals surface area contributed by atoms with Crippen LogP contribution in [0.25, 0.3) is 0 Å². The molecule has 1 unspecified atom stereocenters. The highest BCUT2D eigenvalue weighted by Gasteiger charge is 2.11. The maximum absolute atomic E-state index is 12.2. The molecular weight excluding hydrogens is 354 g/mol. The van der Waals surface area contributed by atoms with Crippen molar-refractivity contribution in [3.8, 4) is 0 Å². The second-order valence-electron chi connectivity index (χ2n) is 6.36. The minimum atomic E-state index is -0.324. The van der Waals surface area contributed by atoms with Gasteiger partial charge in [0.15, 0.2) is 5.76 Å². The lowest BCUT2D eigenvalue weighted by atomic mass is 9.97. The number of urea groups is 1. The summed E-state index contributed by atoms with van der Waals surface area (Å²) in [4.78, 5) is 24.1. The molecule has 0 aliphatic heterocycles. The van der Waals surface area contributed by atoms with Crippen molar-refractivity contribution in [3.05, 3.63) is 84.3 Å². The van der Waals surface area contributed by atoms with E-state index in [1.165, 1.54) is 11.8 Å². The fraction of sp³-hybridized carbons (Fsp3) is 0.182. The fourth-order valence-corrected chi connectivity index (χ4v) is 2.85. The van der Waals surface area contributed by atoms with E-state index < -0.39 is 0 Å². The van der Waals surface area contributed by atoms with Gasteiger partial charge in [-0.2, -0.15) is 0 Å². The lowest BCUT2D eigenvalue weighted by Crippen LogP contribution is -2.32. The Labute approximate surface area is 164 Å². The number of anilines is 2. The Morgan fingerprint density at radius 2 is 1.57 bits per heavy atom. The SMILES string of the molecule is CCC(CNC(=O)Nc1ccc(NC(=O)c2ccco2)cc1)c1ccccc1. The van der Waals surface area contributed by atoms with Crippen LogP contribution in [0.15, 0.2) is 77.4 Å². The molecule has 0 fully saturated rings. The van der Waals surface area contributed by atoms with Gasteiger partial charge in [-0.25, -0.2) is 4.79 Å². The van der Waals surface area contributed by atoms with Gasteiger partial charge in [0.05, 0.1) is 6.26 Å². The molecule has 3 amide bonds. The average molecular weight is 377 g/mol. The van der Waals surface area contributed by atoms with Crippen molar-refractivity contribution < 1.29 is 14.0 Å². The van der Waals surface area contributed by atoms with E-state index in [4.69, 9.17) is 4.42 Å². The first-order chi connectivity index (χ1) is 13.7. The Balaban J connectivity index is 1.49. The molecule has 0 saturated carbocycles. The van der Waals surface area contributed by atoms with Gasteiger partial charge in [0.1, 0.15) is 0 Å². The molecule has 0 radical (unpaired) electrons. The number of rotatable bonds is 7. The van der Waals surface area contributed by atoms with E-state index in [0.717, 1.165) is 6.42 Å². The van der Waals surface area contributed by atoms with Crippen LogP contribution in [0, 0.1) is 0 Å². The van der Waals surface area contributed by atoms with Crippen LogP contribution in [-0.4, -0.2) is 18.5 Å². The highest BCUT2D eigenvalue weighted by Crippen LogP contribution is 2.18. The zero-order valence-corrected chi connectivity index (χ0v) is 15.6. The second kappa shape index (κ2) is 9.41. The Hall–Kier alpha value is -3.54. The molecule has 3 aromatic rings. The number of carbonyl (C=O) groups excluding carboxylic acids is 2. The molecule has 0 saturated heterocycles. The van der Waals surface area contributed by atoms with E-state index in [1.807, 2.05) is 18.2 Å². The number of hydrogen-bond donors (Lipinski definition) is 3. The van der Waals surface area contributed by atoms with Crippen LogP contribution >= 0.6 is 0 Å². The third-order valence-corrected chi connectivity index (χ3v) is 4.42. The number of hydrogen-bond acceptors (Lipinski definition) is 3. The summed E-state index contributed by atoms with van der Waals surface area (Å²) in [5.41, 5.74) is 2.46. The van der Waals surface area contributed by atoms with Crippen molar-refractivity contribution in [1.29, 1.82) is 0 Å². The molecule has 0 aliphatic rings. The molecule has 6 nitrogen and oxygen atoms in total. The first-order valence-electron chi connectivity index (χ1n) is 9.20. The summed E-state index contributed by atoms with van der Waals surface area (Å²) >= 11 is 0. The maximum atomic E-state index is 12.2. The predicted molar refractivity (Wildman–Crippen MR) is 110 cm³/mol. The van der Waals surface area contributed by atoms with E-state index in [9.17, 15) is 9.59 Å². The Morgan fingerprint density at radius 1 is 0.893 bits per heavy atom. The molecule has 0 spiro atoms. The first kappa shape index (κ1) is 19.2. The zero-order chi connectivity index (χ0) is 19.8. The number of furan rings is 1. The van der Waals surface area contributed by atoms with Crippen molar-refractivity contribution in [2.24, 2.45) is 0 Å². The summed E-state index contributed by atoms with van der Waals surface area (Å²) < 4.78 is 5.05. The number of carbonyl (C=O) groups is 2. The smallest absolute Gasteiger partial charge is 0.319 e. The van der Waals surface area contributed by atoms with E-state index in [2.05, 4.69) is 35.0 Å². The molecule has 3 rings (SSSR count). The van der Waals surface area contributed by atoms with Crippen LogP contribution in [0.3, 0.4) is 0 Å². The zero-order valence-electron chi connectivity index (χ0n) is 15.6. The molecule has 144 valence electrons. The van der Waals surface area contributed by atoms with Gasteiger partial charge in [-0.15, -0.1) is 0 Å². The van der Waals surface area contributed by atoms with Gasteiger partial charge in [0, 0.05) is 23.8 Å². The molecule has 1 atom stereocenters. The van der Waals surface area contributed by atoms with Crippen LogP contribution in [0.5, 0.6) is 0 Å². The van der Waals surface area contributed by atoms with Gasteiger partial charge >= 0.3 is 6.03 Å². The topological polar surface area (TPSA) is 83.4 Å². The summed E-state index contributed by atoms with van der Waals surface area (Å²) in [5, 5.41) is 8.44. The average Bonchev–Trinajstić information content (AvgIpc) is 3.26. The van der Waals surface area contributed by atoms with Crippen molar-refractivity contribution >= 4 is 23.3 Å². The Bertz CT molecular complexity index is 891. The largest absolute Gasteiger partial charge is 0.459 e. The van der Waals surface area contributed by atoms with E-state index in [-0.39, 0.29) is 23.6 Å². The molecule has 1 heterocycles. The highest BCUT2D eigenvalue weighted by atomic mass is 16.3. The quantitative estimate of drug-likeness (QED) is 0.550. The lowest BCUT2D eigenvalue weighted by Gasteiger charge is -2.16. The molecular formula is C22H23N3O3. The summed E-state index contributed by atoms with van der Waals surface area (Å²) in [6, 6.07) is 20.0. The number of amides is 3. The maximum Gasteiger partial charge on any atom is 0.319 e. The van der Waals surface area contributed by atoms with Gasteiger partial charge in [-0.3, -0.25) is 4.79 Å².